The molecule has 0 spiro atoms. The third kappa shape index (κ3) is 5.30. The van der Waals surface area contributed by atoms with E-state index in [0.29, 0.717) is 11.5 Å². The van der Waals surface area contributed by atoms with E-state index in [2.05, 4.69) is 10.4 Å². The normalized spacial score (nSPS) is 13.6. The molecule has 0 saturated heterocycles. The van der Waals surface area contributed by atoms with Crippen LogP contribution in [0, 0.1) is 11.7 Å². The first-order valence-corrected chi connectivity index (χ1v) is 11.4. The Kier molecular flexibility index (Phi) is 7.19. The van der Waals surface area contributed by atoms with Gasteiger partial charge >= 0.3 is 0 Å². The standard InChI is InChI=1S/C27H27FN4O4/c1-16(25(27(29)34)31-17(2)33)26(18-5-4-6-22(13-18)35-3)36-23-11-12-24-19(14-23)15-30-32(24)21-9-7-20(28)8-10-21/h4-16,25-26H,1-3H3,(H2,29,34)(H,31,33)/t16-,25?,26+/m0/s1. The van der Waals surface area contributed by atoms with Crippen molar-refractivity contribution in [3.05, 3.63) is 84.3 Å². The predicted molar refractivity (Wildman–Crippen MR) is 133 cm³/mol. The van der Waals surface area contributed by atoms with Crippen molar-refractivity contribution < 1.29 is 23.5 Å². The third-order valence-electron chi connectivity index (χ3n) is 5.96. The Labute approximate surface area is 207 Å². The number of nitrogens with one attached hydrogen (secondary N) is 1. The summed E-state index contributed by atoms with van der Waals surface area (Å²) in [5.41, 5.74) is 7.91. The second kappa shape index (κ2) is 10.5. The van der Waals surface area contributed by atoms with Gasteiger partial charge in [-0.15, -0.1) is 0 Å². The van der Waals surface area contributed by atoms with E-state index >= 15 is 0 Å². The number of ether oxygens (including phenoxy) is 2. The van der Waals surface area contributed by atoms with Crippen LogP contribution in [0.1, 0.15) is 25.5 Å². The molecule has 0 radical (unpaired) electrons. The van der Waals surface area contributed by atoms with E-state index in [9.17, 15) is 14.0 Å². The van der Waals surface area contributed by atoms with Gasteiger partial charge in [0.2, 0.25) is 11.8 Å². The topological polar surface area (TPSA) is 108 Å². The Hall–Kier alpha value is -4.40. The number of hydrogen-bond donors (Lipinski definition) is 2. The van der Waals surface area contributed by atoms with Crippen molar-refractivity contribution in [1.82, 2.24) is 15.1 Å². The maximum atomic E-state index is 13.3. The first-order chi connectivity index (χ1) is 17.3. The van der Waals surface area contributed by atoms with Crippen LogP contribution in [-0.4, -0.2) is 34.7 Å². The van der Waals surface area contributed by atoms with E-state index in [1.54, 1.807) is 49.2 Å². The summed E-state index contributed by atoms with van der Waals surface area (Å²) >= 11 is 0. The number of carbonyl (C=O) groups excluding carboxylic acids is 2. The Bertz CT molecular complexity index is 1390. The summed E-state index contributed by atoms with van der Waals surface area (Å²) < 4.78 is 26.8. The molecule has 36 heavy (non-hydrogen) atoms. The molecule has 186 valence electrons. The molecular weight excluding hydrogens is 463 g/mol. The zero-order valence-corrected chi connectivity index (χ0v) is 20.1. The summed E-state index contributed by atoms with van der Waals surface area (Å²) in [5.74, 6) is -0.713. The van der Waals surface area contributed by atoms with E-state index in [-0.39, 0.29) is 11.7 Å². The first-order valence-electron chi connectivity index (χ1n) is 11.4. The van der Waals surface area contributed by atoms with Gasteiger partial charge in [0.1, 0.15) is 29.5 Å². The first kappa shape index (κ1) is 24.7. The molecule has 3 aromatic carbocycles. The minimum absolute atomic E-state index is 0.322. The summed E-state index contributed by atoms with van der Waals surface area (Å²) in [6.07, 6.45) is 1.05. The number of halogens is 1. The van der Waals surface area contributed by atoms with Crippen molar-refractivity contribution in [3.8, 4) is 17.2 Å². The lowest BCUT2D eigenvalue weighted by Crippen LogP contribution is -2.49. The van der Waals surface area contributed by atoms with Gasteiger partial charge in [0.25, 0.3) is 0 Å². The van der Waals surface area contributed by atoms with Crippen LogP contribution in [0.25, 0.3) is 16.6 Å². The second-order valence-electron chi connectivity index (χ2n) is 8.51. The lowest BCUT2D eigenvalue weighted by Gasteiger charge is -2.30. The monoisotopic (exact) mass is 490 g/mol. The quantitative estimate of drug-likeness (QED) is 0.370. The fraction of sp³-hybridized carbons (Fsp3) is 0.222. The molecule has 3 N–H and O–H groups in total. The van der Waals surface area contributed by atoms with E-state index < -0.39 is 24.0 Å². The number of aromatic nitrogens is 2. The summed E-state index contributed by atoms with van der Waals surface area (Å²) in [7, 11) is 1.56. The molecule has 4 rings (SSSR count). The van der Waals surface area contributed by atoms with Crippen LogP contribution < -0.4 is 20.5 Å². The highest BCUT2D eigenvalue weighted by molar-refractivity contribution is 5.86. The van der Waals surface area contributed by atoms with E-state index in [4.69, 9.17) is 15.2 Å². The molecule has 1 heterocycles. The molecule has 0 aliphatic carbocycles. The highest BCUT2D eigenvalue weighted by atomic mass is 19.1. The molecule has 2 amide bonds. The number of hydrogen-bond acceptors (Lipinski definition) is 5. The molecule has 4 aromatic rings. The number of nitrogens with zero attached hydrogens (tertiary/aromatic N) is 2. The largest absolute Gasteiger partial charge is 0.497 e. The van der Waals surface area contributed by atoms with E-state index in [1.807, 2.05) is 30.3 Å². The van der Waals surface area contributed by atoms with Gasteiger partial charge in [-0.1, -0.05) is 19.1 Å². The number of carbonyl (C=O) groups is 2. The smallest absolute Gasteiger partial charge is 0.240 e. The van der Waals surface area contributed by atoms with Gasteiger partial charge in [-0.05, 0) is 60.2 Å². The number of primary amides is 1. The molecule has 0 aliphatic rings. The summed E-state index contributed by atoms with van der Waals surface area (Å²) in [5, 5.41) is 7.87. The minimum atomic E-state index is -0.955. The van der Waals surface area contributed by atoms with Gasteiger partial charge in [0.05, 0.1) is 24.5 Å². The number of nitrogens with two attached hydrogens (primary N) is 1. The molecule has 1 unspecified atom stereocenters. The van der Waals surface area contributed by atoms with Crippen molar-refractivity contribution in [3.63, 3.8) is 0 Å². The molecule has 1 aromatic heterocycles. The zero-order valence-electron chi connectivity index (χ0n) is 20.1. The summed E-state index contributed by atoms with van der Waals surface area (Å²) in [6, 6.07) is 17.9. The van der Waals surface area contributed by atoms with Crippen molar-refractivity contribution in [2.45, 2.75) is 26.0 Å². The Morgan fingerprint density at radius 2 is 1.81 bits per heavy atom. The van der Waals surface area contributed by atoms with Crippen LogP contribution in [0.15, 0.2) is 72.9 Å². The highest BCUT2D eigenvalue weighted by Gasteiger charge is 2.33. The lowest BCUT2D eigenvalue weighted by atomic mass is 9.89. The van der Waals surface area contributed by atoms with Gasteiger partial charge in [0, 0.05) is 18.2 Å². The van der Waals surface area contributed by atoms with Crippen LogP contribution >= 0.6 is 0 Å². The van der Waals surface area contributed by atoms with Gasteiger partial charge in [0.15, 0.2) is 0 Å². The lowest BCUT2D eigenvalue weighted by molar-refractivity contribution is -0.128. The molecular formula is C27H27FN4O4. The minimum Gasteiger partial charge on any atom is -0.497 e. The molecule has 0 fully saturated rings. The molecule has 0 saturated carbocycles. The number of benzene rings is 3. The number of methoxy groups -OCH3 is 1. The van der Waals surface area contributed by atoms with E-state index in [1.165, 1.54) is 19.1 Å². The third-order valence-corrected chi connectivity index (χ3v) is 5.96. The Morgan fingerprint density at radius 3 is 2.47 bits per heavy atom. The van der Waals surface area contributed by atoms with Gasteiger partial charge in [-0.3, -0.25) is 9.59 Å². The fourth-order valence-corrected chi connectivity index (χ4v) is 4.17. The average Bonchev–Trinajstić information content (AvgIpc) is 3.29. The second-order valence-corrected chi connectivity index (χ2v) is 8.51. The van der Waals surface area contributed by atoms with Crippen molar-refractivity contribution in [2.24, 2.45) is 11.7 Å². The molecule has 8 nitrogen and oxygen atoms in total. The Balaban J connectivity index is 1.70. The zero-order chi connectivity index (χ0) is 25.8. The number of rotatable bonds is 9. The van der Waals surface area contributed by atoms with Crippen LogP contribution in [0.3, 0.4) is 0 Å². The van der Waals surface area contributed by atoms with Gasteiger partial charge in [-0.25, -0.2) is 9.07 Å². The molecule has 0 aliphatic heterocycles. The van der Waals surface area contributed by atoms with Crippen LogP contribution in [-0.2, 0) is 9.59 Å². The Morgan fingerprint density at radius 1 is 1.06 bits per heavy atom. The number of fused-ring (bicyclic) bond motifs is 1. The fourth-order valence-electron chi connectivity index (χ4n) is 4.17. The van der Waals surface area contributed by atoms with Crippen LogP contribution in [0.5, 0.6) is 11.5 Å². The molecule has 3 atom stereocenters. The highest BCUT2D eigenvalue weighted by Crippen LogP contribution is 2.34. The van der Waals surface area contributed by atoms with Crippen LogP contribution in [0.4, 0.5) is 4.39 Å². The SMILES string of the molecule is COc1cccc([C@H](Oc2ccc3c(cnn3-c3ccc(F)cc3)c2)[C@@H](C)C(NC(C)=O)C(N)=O)c1. The van der Waals surface area contributed by atoms with E-state index in [0.717, 1.165) is 22.2 Å². The van der Waals surface area contributed by atoms with Crippen molar-refractivity contribution in [1.29, 1.82) is 0 Å². The molecule has 9 heteroatoms. The summed E-state index contributed by atoms with van der Waals surface area (Å²) in [4.78, 5) is 24.0. The summed E-state index contributed by atoms with van der Waals surface area (Å²) in [6.45, 7) is 3.12. The average molecular weight is 491 g/mol. The van der Waals surface area contributed by atoms with Crippen molar-refractivity contribution in [2.75, 3.05) is 7.11 Å². The molecule has 0 bridgehead atoms. The predicted octanol–water partition coefficient (Wildman–Crippen LogP) is 3.92. The van der Waals surface area contributed by atoms with Crippen molar-refractivity contribution >= 4 is 22.7 Å². The van der Waals surface area contributed by atoms with Gasteiger partial charge in [-0.2, -0.15) is 5.10 Å². The number of amides is 2. The van der Waals surface area contributed by atoms with Crippen LogP contribution in [0.2, 0.25) is 0 Å². The maximum absolute atomic E-state index is 13.3. The maximum Gasteiger partial charge on any atom is 0.240 e. The van der Waals surface area contributed by atoms with Gasteiger partial charge < -0.3 is 20.5 Å².